The normalized spacial score (nSPS) is 12.0. The summed E-state index contributed by atoms with van der Waals surface area (Å²) < 4.78 is 55.7. The van der Waals surface area contributed by atoms with E-state index >= 15 is 0 Å². The van der Waals surface area contributed by atoms with E-state index in [1.165, 1.54) is 16.8 Å². The van der Waals surface area contributed by atoms with Gasteiger partial charge in [-0.05, 0) is 37.3 Å². The first-order valence-electron chi connectivity index (χ1n) is 10.3. The number of nitrogens with one attached hydrogen (secondary N) is 2. The highest BCUT2D eigenvalue weighted by Gasteiger charge is 2.20. The summed E-state index contributed by atoms with van der Waals surface area (Å²) in [5.74, 6) is -1.44. The highest BCUT2D eigenvalue weighted by Crippen LogP contribution is 2.36. The fraction of sp³-hybridized carbons (Fsp3) is 0.130. The van der Waals surface area contributed by atoms with Gasteiger partial charge in [-0.2, -0.15) is 0 Å². The zero-order chi connectivity index (χ0) is 24.2. The Bertz CT molecular complexity index is 1750. The molecule has 0 amide bonds. The van der Waals surface area contributed by atoms with Gasteiger partial charge in [0.05, 0.1) is 22.5 Å². The molecule has 0 unspecified atom stereocenters. The topological polar surface area (TPSA) is 102 Å². The lowest BCUT2D eigenvalue weighted by molar-refractivity contribution is 0.585. The van der Waals surface area contributed by atoms with E-state index in [2.05, 4.69) is 15.3 Å². The fourth-order valence-electron chi connectivity index (χ4n) is 3.92. The molecule has 5 rings (SSSR count). The molecule has 34 heavy (non-hydrogen) atoms. The van der Waals surface area contributed by atoms with Crippen LogP contribution in [0.5, 0.6) is 0 Å². The predicted molar refractivity (Wildman–Crippen MR) is 127 cm³/mol. The fourth-order valence-corrected chi connectivity index (χ4v) is 4.89. The van der Waals surface area contributed by atoms with E-state index in [1.54, 1.807) is 44.6 Å². The minimum atomic E-state index is -3.62. The van der Waals surface area contributed by atoms with Gasteiger partial charge in [-0.1, -0.05) is 0 Å². The van der Waals surface area contributed by atoms with Crippen molar-refractivity contribution >= 4 is 43.5 Å². The SMILES string of the molecule is CCS(=O)(=O)n1ccc2nc(Nc3ccc(F)cc3F)c(-c3cn(C)c(=O)c4[nH]ccc34)cc21. The molecule has 11 heteroatoms. The zero-order valence-corrected chi connectivity index (χ0v) is 19.0. The zero-order valence-electron chi connectivity index (χ0n) is 18.1. The molecule has 8 nitrogen and oxygen atoms in total. The largest absolute Gasteiger partial charge is 0.357 e. The van der Waals surface area contributed by atoms with Crippen LogP contribution in [0.15, 0.2) is 59.8 Å². The third kappa shape index (κ3) is 3.45. The first kappa shape index (κ1) is 21.8. The van der Waals surface area contributed by atoms with E-state index in [9.17, 15) is 22.0 Å². The van der Waals surface area contributed by atoms with E-state index < -0.39 is 21.7 Å². The van der Waals surface area contributed by atoms with E-state index in [0.29, 0.717) is 33.1 Å². The van der Waals surface area contributed by atoms with Crippen LogP contribution in [0, 0.1) is 11.6 Å². The van der Waals surface area contributed by atoms with Gasteiger partial charge in [0, 0.05) is 48.2 Å². The summed E-state index contributed by atoms with van der Waals surface area (Å²) in [6.45, 7) is 1.54. The van der Waals surface area contributed by atoms with Gasteiger partial charge in [-0.3, -0.25) is 4.79 Å². The molecule has 4 heterocycles. The van der Waals surface area contributed by atoms with Crippen molar-refractivity contribution in [2.45, 2.75) is 6.92 Å². The first-order chi connectivity index (χ1) is 16.2. The summed E-state index contributed by atoms with van der Waals surface area (Å²) in [7, 11) is -2.02. The quantitative estimate of drug-likeness (QED) is 0.392. The van der Waals surface area contributed by atoms with Crippen molar-refractivity contribution in [1.29, 1.82) is 0 Å². The molecule has 174 valence electrons. The molecule has 0 saturated carbocycles. The van der Waals surface area contributed by atoms with E-state index in [-0.39, 0.29) is 22.8 Å². The third-order valence-electron chi connectivity index (χ3n) is 5.67. The van der Waals surface area contributed by atoms with Crippen molar-refractivity contribution in [2.24, 2.45) is 7.05 Å². The minimum absolute atomic E-state index is 0.00903. The minimum Gasteiger partial charge on any atom is -0.357 e. The Morgan fingerprint density at radius 2 is 1.91 bits per heavy atom. The lowest BCUT2D eigenvalue weighted by Crippen LogP contribution is -2.17. The summed E-state index contributed by atoms with van der Waals surface area (Å²) in [6, 6.07) is 8.02. The monoisotopic (exact) mass is 483 g/mol. The van der Waals surface area contributed by atoms with Crippen LogP contribution >= 0.6 is 0 Å². The molecule has 0 radical (unpaired) electrons. The number of aromatic amines is 1. The average molecular weight is 484 g/mol. The van der Waals surface area contributed by atoms with Crippen LogP contribution in [-0.4, -0.2) is 32.7 Å². The lowest BCUT2D eigenvalue weighted by Gasteiger charge is -2.15. The number of aromatic nitrogens is 4. The van der Waals surface area contributed by atoms with E-state index in [0.717, 1.165) is 16.1 Å². The number of fused-ring (bicyclic) bond motifs is 2. The maximum Gasteiger partial charge on any atom is 0.274 e. The van der Waals surface area contributed by atoms with Crippen LogP contribution in [-0.2, 0) is 17.1 Å². The Morgan fingerprint density at radius 1 is 1.12 bits per heavy atom. The molecule has 0 atom stereocenters. The predicted octanol–water partition coefficient (Wildman–Crippen LogP) is 4.10. The Hall–Kier alpha value is -3.99. The van der Waals surface area contributed by atoms with E-state index in [1.807, 2.05) is 0 Å². The summed E-state index contributed by atoms with van der Waals surface area (Å²) in [5.41, 5.74) is 1.80. The number of aryl methyl sites for hydroxylation is 1. The molecule has 0 saturated heterocycles. The maximum absolute atomic E-state index is 14.4. The average Bonchev–Trinajstić information content (AvgIpc) is 3.45. The Balaban J connectivity index is 1.83. The second kappa shape index (κ2) is 7.80. The van der Waals surface area contributed by atoms with Crippen LogP contribution in [0.4, 0.5) is 20.3 Å². The second-order valence-electron chi connectivity index (χ2n) is 7.78. The molecule has 0 aliphatic heterocycles. The number of rotatable bonds is 5. The van der Waals surface area contributed by atoms with Gasteiger partial charge in [-0.15, -0.1) is 0 Å². The molecule has 1 aromatic carbocycles. The van der Waals surface area contributed by atoms with Crippen molar-refractivity contribution in [3.8, 4) is 11.1 Å². The summed E-state index contributed by atoms with van der Waals surface area (Å²) >= 11 is 0. The van der Waals surface area contributed by atoms with Crippen molar-refractivity contribution in [3.63, 3.8) is 0 Å². The molecule has 0 fully saturated rings. The number of hydrogen-bond acceptors (Lipinski definition) is 5. The van der Waals surface area contributed by atoms with Crippen LogP contribution in [0.1, 0.15) is 6.92 Å². The standard InChI is InChI=1S/C23H19F2N5O3S/c1-3-34(32,33)30-9-7-19-20(30)11-15(16-12-29(2)23(31)21-14(16)6-8-26-21)22(28-19)27-18-5-4-13(24)10-17(18)25/h4-12,26H,3H2,1-2H3,(H,27,28). The van der Waals surface area contributed by atoms with Crippen LogP contribution in [0.2, 0.25) is 0 Å². The number of benzene rings is 1. The first-order valence-corrected chi connectivity index (χ1v) is 11.9. The van der Waals surface area contributed by atoms with Crippen LogP contribution in [0.25, 0.3) is 33.1 Å². The molecule has 0 aliphatic rings. The van der Waals surface area contributed by atoms with Gasteiger partial charge in [-0.25, -0.2) is 26.2 Å². The van der Waals surface area contributed by atoms with Crippen molar-refractivity contribution < 1.29 is 17.2 Å². The summed E-state index contributed by atoms with van der Waals surface area (Å²) in [5, 5.41) is 3.49. The number of pyridine rings is 2. The summed E-state index contributed by atoms with van der Waals surface area (Å²) in [4.78, 5) is 20.0. The highest BCUT2D eigenvalue weighted by atomic mass is 32.2. The molecule has 0 bridgehead atoms. The van der Waals surface area contributed by atoms with Gasteiger partial charge >= 0.3 is 0 Å². The number of hydrogen-bond donors (Lipinski definition) is 2. The molecule has 0 aliphatic carbocycles. The smallest absolute Gasteiger partial charge is 0.274 e. The maximum atomic E-state index is 14.4. The van der Waals surface area contributed by atoms with Gasteiger partial charge in [0.15, 0.2) is 0 Å². The second-order valence-corrected chi connectivity index (χ2v) is 9.91. The lowest BCUT2D eigenvalue weighted by atomic mass is 10.0. The number of nitrogens with zero attached hydrogens (tertiary/aromatic N) is 3. The van der Waals surface area contributed by atoms with Gasteiger partial charge in [0.25, 0.3) is 5.56 Å². The molecule has 2 N–H and O–H groups in total. The highest BCUT2D eigenvalue weighted by molar-refractivity contribution is 7.90. The Kier molecular flexibility index (Phi) is 5.01. The van der Waals surface area contributed by atoms with Crippen molar-refractivity contribution in [1.82, 2.24) is 18.5 Å². The molecule has 5 aromatic rings. The van der Waals surface area contributed by atoms with Gasteiger partial charge in [0.2, 0.25) is 10.0 Å². The molecular formula is C23H19F2N5O3S. The summed E-state index contributed by atoms with van der Waals surface area (Å²) in [6.07, 6.45) is 4.64. The van der Waals surface area contributed by atoms with Crippen LogP contribution in [0.3, 0.4) is 0 Å². The van der Waals surface area contributed by atoms with Gasteiger partial charge < -0.3 is 14.9 Å². The van der Waals surface area contributed by atoms with Crippen LogP contribution < -0.4 is 10.9 Å². The van der Waals surface area contributed by atoms with Crippen molar-refractivity contribution in [2.75, 3.05) is 11.1 Å². The van der Waals surface area contributed by atoms with E-state index in [4.69, 9.17) is 0 Å². The Morgan fingerprint density at radius 3 is 2.65 bits per heavy atom. The molecule has 4 aromatic heterocycles. The number of anilines is 2. The number of halogens is 2. The third-order valence-corrected chi connectivity index (χ3v) is 7.32. The Labute approximate surface area is 192 Å². The molecule has 0 spiro atoms. The molecular weight excluding hydrogens is 464 g/mol. The van der Waals surface area contributed by atoms with Crippen molar-refractivity contribution in [3.05, 3.63) is 77.0 Å². The van der Waals surface area contributed by atoms with Gasteiger partial charge in [0.1, 0.15) is 23.0 Å². The number of H-pyrrole nitrogens is 1.